The maximum atomic E-state index is 12.7. The molecule has 2 aromatic carbocycles. The number of amides is 2. The molecule has 0 unspecified atom stereocenters. The maximum absolute atomic E-state index is 12.7. The number of carbonyl (C=O) groups excluding carboxylic acids is 2. The van der Waals surface area contributed by atoms with Crippen LogP contribution in [0, 0.1) is 0 Å². The summed E-state index contributed by atoms with van der Waals surface area (Å²) in [5, 5.41) is 6.40. The number of aromatic nitrogens is 1. The summed E-state index contributed by atoms with van der Waals surface area (Å²) in [5.41, 5.74) is 2.18. The van der Waals surface area contributed by atoms with Crippen molar-refractivity contribution in [1.82, 2.24) is 10.3 Å². The van der Waals surface area contributed by atoms with Gasteiger partial charge in [0.15, 0.2) is 4.34 Å². The van der Waals surface area contributed by atoms with E-state index < -0.39 is 0 Å². The highest BCUT2D eigenvalue weighted by atomic mass is 79.9. The zero-order valence-electron chi connectivity index (χ0n) is 15.1. The summed E-state index contributed by atoms with van der Waals surface area (Å²) in [5.74, 6) is 0.0494. The van der Waals surface area contributed by atoms with Gasteiger partial charge in [0.1, 0.15) is 10.7 Å². The molecule has 0 fully saturated rings. The number of halogens is 1. The molecule has 0 aliphatic carbocycles. The summed E-state index contributed by atoms with van der Waals surface area (Å²) < 4.78 is 1.65. The first-order chi connectivity index (χ1) is 13.6. The van der Waals surface area contributed by atoms with Crippen LogP contribution < -0.4 is 10.6 Å². The van der Waals surface area contributed by atoms with E-state index in [1.165, 1.54) is 23.1 Å². The highest BCUT2D eigenvalue weighted by Gasteiger charge is 2.17. The second-order valence-corrected chi connectivity index (χ2v) is 8.86. The van der Waals surface area contributed by atoms with E-state index in [0.717, 1.165) is 14.4 Å². The molecule has 0 spiro atoms. The molecule has 3 rings (SSSR count). The minimum atomic E-state index is -0.200. The van der Waals surface area contributed by atoms with Crippen molar-refractivity contribution in [1.29, 1.82) is 0 Å². The molecule has 0 aliphatic heterocycles. The zero-order valence-corrected chi connectivity index (χ0v) is 18.3. The first-order valence-corrected chi connectivity index (χ1v) is 11.2. The van der Waals surface area contributed by atoms with Crippen molar-refractivity contribution < 1.29 is 9.59 Å². The lowest BCUT2D eigenvalue weighted by molar-refractivity contribution is -0.118. The Labute approximate surface area is 180 Å². The van der Waals surface area contributed by atoms with Crippen LogP contribution in [-0.4, -0.2) is 29.1 Å². The molecule has 0 saturated heterocycles. The van der Waals surface area contributed by atoms with Crippen molar-refractivity contribution in [3.8, 4) is 11.3 Å². The van der Waals surface area contributed by atoms with Crippen molar-refractivity contribution >= 4 is 55.8 Å². The molecule has 0 atom stereocenters. The smallest absolute Gasteiger partial charge is 0.256 e. The Balaban J connectivity index is 1.84. The maximum Gasteiger partial charge on any atom is 0.256 e. The van der Waals surface area contributed by atoms with Gasteiger partial charge in [0.2, 0.25) is 5.91 Å². The molecule has 1 heterocycles. The fourth-order valence-electron chi connectivity index (χ4n) is 2.39. The van der Waals surface area contributed by atoms with E-state index in [1.54, 1.807) is 12.1 Å². The first kappa shape index (κ1) is 20.6. The number of hydrogen-bond donors (Lipinski definition) is 2. The minimum Gasteiger partial charge on any atom is -0.356 e. The number of nitrogens with zero attached hydrogens (tertiary/aromatic N) is 1. The Kier molecular flexibility index (Phi) is 7.24. The summed E-state index contributed by atoms with van der Waals surface area (Å²) in [7, 11) is 0. The van der Waals surface area contributed by atoms with Gasteiger partial charge >= 0.3 is 0 Å². The number of nitrogens with one attached hydrogen (secondary N) is 2. The minimum absolute atomic E-state index is 0.0376. The molecule has 5 nitrogen and oxygen atoms in total. The van der Waals surface area contributed by atoms with Crippen molar-refractivity contribution in [2.75, 3.05) is 17.6 Å². The molecule has 2 N–H and O–H groups in total. The average Bonchev–Trinajstić information content (AvgIpc) is 3.10. The molecule has 0 aliphatic rings. The van der Waals surface area contributed by atoms with Gasteiger partial charge in [0.25, 0.3) is 5.91 Å². The van der Waals surface area contributed by atoms with Gasteiger partial charge in [0, 0.05) is 22.1 Å². The molecule has 1 aromatic heterocycles. The summed E-state index contributed by atoms with van der Waals surface area (Å²) in [4.78, 5) is 29.0. The number of carbonyl (C=O) groups is 2. The Morgan fingerprint density at radius 1 is 1.11 bits per heavy atom. The van der Waals surface area contributed by atoms with Gasteiger partial charge in [-0.25, -0.2) is 4.98 Å². The lowest BCUT2D eigenvalue weighted by atomic mass is 10.1. The van der Waals surface area contributed by atoms with Crippen LogP contribution in [0.5, 0.6) is 0 Å². The van der Waals surface area contributed by atoms with E-state index in [4.69, 9.17) is 0 Å². The van der Waals surface area contributed by atoms with E-state index >= 15 is 0 Å². The van der Waals surface area contributed by atoms with Crippen molar-refractivity contribution in [2.45, 2.75) is 11.3 Å². The Hall–Kier alpha value is -2.16. The van der Waals surface area contributed by atoms with E-state index in [2.05, 4.69) is 31.5 Å². The van der Waals surface area contributed by atoms with Crippen LogP contribution in [0.25, 0.3) is 11.3 Å². The van der Waals surface area contributed by atoms with Crippen molar-refractivity contribution in [3.05, 3.63) is 64.6 Å². The van der Waals surface area contributed by atoms with Gasteiger partial charge in [-0.2, -0.15) is 0 Å². The standard InChI is InChI=1S/C20H18BrN3O2S2/c1-2-22-16(25)12-27-20-23-17(13-6-4-3-5-7-13)19(28-20)24-18(26)14-8-10-15(21)11-9-14/h3-11H,2,12H2,1H3,(H,22,25)(H,24,26). The van der Waals surface area contributed by atoms with Gasteiger partial charge < -0.3 is 10.6 Å². The fourth-order valence-corrected chi connectivity index (χ4v) is 4.55. The predicted octanol–water partition coefficient (Wildman–Crippen LogP) is 5.05. The number of rotatable bonds is 7. The molecular weight excluding hydrogens is 458 g/mol. The summed E-state index contributed by atoms with van der Waals surface area (Å²) in [6.45, 7) is 2.48. The van der Waals surface area contributed by atoms with Crippen LogP contribution in [0.2, 0.25) is 0 Å². The van der Waals surface area contributed by atoms with E-state index in [1.807, 2.05) is 49.4 Å². The predicted molar refractivity (Wildman–Crippen MR) is 119 cm³/mol. The van der Waals surface area contributed by atoms with Gasteiger partial charge in [-0.1, -0.05) is 69.4 Å². The van der Waals surface area contributed by atoms with Gasteiger partial charge in [-0.15, -0.1) is 0 Å². The molecule has 28 heavy (non-hydrogen) atoms. The quantitative estimate of drug-likeness (QED) is 0.468. The molecule has 3 aromatic rings. The third-order valence-corrected chi connectivity index (χ3v) is 6.33. The first-order valence-electron chi connectivity index (χ1n) is 8.59. The lowest BCUT2D eigenvalue weighted by Crippen LogP contribution is -2.24. The molecular formula is C20H18BrN3O2S2. The fraction of sp³-hybridized carbons (Fsp3) is 0.150. The van der Waals surface area contributed by atoms with Crippen LogP contribution in [0.4, 0.5) is 5.00 Å². The Morgan fingerprint density at radius 3 is 2.50 bits per heavy atom. The number of benzene rings is 2. The van der Waals surface area contributed by atoms with Gasteiger partial charge in [0.05, 0.1) is 5.75 Å². The summed E-state index contributed by atoms with van der Waals surface area (Å²) in [6.07, 6.45) is 0. The van der Waals surface area contributed by atoms with Crippen molar-refractivity contribution in [3.63, 3.8) is 0 Å². The monoisotopic (exact) mass is 475 g/mol. The number of hydrogen-bond acceptors (Lipinski definition) is 5. The number of thioether (sulfide) groups is 1. The molecule has 0 saturated carbocycles. The third kappa shape index (κ3) is 5.43. The van der Waals surface area contributed by atoms with Crippen LogP contribution in [0.15, 0.2) is 63.4 Å². The zero-order chi connectivity index (χ0) is 19.9. The Morgan fingerprint density at radius 2 is 1.82 bits per heavy atom. The SMILES string of the molecule is CCNC(=O)CSc1nc(-c2ccccc2)c(NC(=O)c2ccc(Br)cc2)s1. The van der Waals surface area contributed by atoms with Gasteiger partial charge in [-0.05, 0) is 31.2 Å². The average molecular weight is 476 g/mol. The molecule has 2 amide bonds. The molecule has 0 radical (unpaired) electrons. The third-order valence-electron chi connectivity index (χ3n) is 3.69. The number of anilines is 1. The van der Waals surface area contributed by atoms with Crippen molar-refractivity contribution in [2.24, 2.45) is 0 Å². The van der Waals surface area contributed by atoms with Crippen LogP contribution >= 0.6 is 39.0 Å². The van der Waals surface area contributed by atoms with Crippen LogP contribution in [0.1, 0.15) is 17.3 Å². The topological polar surface area (TPSA) is 71.1 Å². The second-order valence-electron chi connectivity index (χ2n) is 5.73. The van der Waals surface area contributed by atoms with Crippen LogP contribution in [0.3, 0.4) is 0 Å². The molecule has 0 bridgehead atoms. The number of thiazole rings is 1. The van der Waals surface area contributed by atoms with E-state index in [-0.39, 0.29) is 17.6 Å². The second kappa shape index (κ2) is 9.86. The van der Waals surface area contributed by atoms with E-state index in [9.17, 15) is 9.59 Å². The normalized spacial score (nSPS) is 10.5. The summed E-state index contributed by atoms with van der Waals surface area (Å²) in [6, 6.07) is 16.8. The molecule has 144 valence electrons. The largest absolute Gasteiger partial charge is 0.356 e. The molecule has 8 heteroatoms. The van der Waals surface area contributed by atoms with E-state index in [0.29, 0.717) is 22.8 Å². The summed E-state index contributed by atoms with van der Waals surface area (Å²) >= 11 is 6.10. The highest BCUT2D eigenvalue weighted by Crippen LogP contribution is 2.37. The van der Waals surface area contributed by atoms with Gasteiger partial charge in [-0.3, -0.25) is 9.59 Å². The highest BCUT2D eigenvalue weighted by molar-refractivity contribution is 9.10. The Bertz CT molecular complexity index is 959. The van der Waals surface area contributed by atoms with Crippen LogP contribution in [-0.2, 0) is 4.79 Å². The lowest BCUT2D eigenvalue weighted by Gasteiger charge is -2.05.